The van der Waals surface area contributed by atoms with Gasteiger partial charge in [0.05, 0.1) is 12.3 Å². The summed E-state index contributed by atoms with van der Waals surface area (Å²) in [7, 11) is 0. The van der Waals surface area contributed by atoms with E-state index in [1.807, 2.05) is 11.5 Å². The van der Waals surface area contributed by atoms with E-state index in [1.54, 1.807) is 0 Å². The molecule has 2 N–H and O–H groups in total. The minimum Gasteiger partial charge on any atom is -0.324 e. The molecule has 0 aromatic carbocycles. The molecule has 0 bridgehead atoms. The maximum atomic E-state index is 12.7. The largest absolute Gasteiger partial charge is 0.324 e. The highest BCUT2D eigenvalue weighted by molar-refractivity contribution is 7.98. The molecule has 0 amide bonds. The Balaban J connectivity index is 2.10. The first kappa shape index (κ1) is 14.9. The van der Waals surface area contributed by atoms with Crippen molar-refractivity contribution in [1.82, 2.24) is 24.3 Å². The molecule has 2 rings (SSSR count). The van der Waals surface area contributed by atoms with Gasteiger partial charge < -0.3 is 10.3 Å². The summed E-state index contributed by atoms with van der Waals surface area (Å²) in [4.78, 5) is 3.94. The summed E-state index contributed by atoms with van der Waals surface area (Å²) in [5.41, 5.74) is 5.60. The van der Waals surface area contributed by atoms with Gasteiger partial charge in [0, 0.05) is 18.9 Å². The second kappa shape index (κ2) is 6.80. The number of thioether (sulfide) groups is 1. The normalized spacial score (nSPS) is 11.4. The summed E-state index contributed by atoms with van der Waals surface area (Å²) in [5.74, 6) is 1.32. The SMILES string of the molecule is CCCn1c(CN)nnc1SCc1nccn1C(F)F. The van der Waals surface area contributed by atoms with Crippen LogP contribution in [0.25, 0.3) is 0 Å². The molecule has 9 heteroatoms. The summed E-state index contributed by atoms with van der Waals surface area (Å²) >= 11 is 1.33. The van der Waals surface area contributed by atoms with Crippen LogP contribution < -0.4 is 5.73 Å². The Kier molecular flexibility index (Phi) is 5.07. The van der Waals surface area contributed by atoms with E-state index in [0.717, 1.165) is 17.5 Å². The molecular weight excluding hydrogens is 286 g/mol. The van der Waals surface area contributed by atoms with Crippen LogP contribution in [0.2, 0.25) is 0 Å². The first-order valence-electron chi connectivity index (χ1n) is 6.22. The fourth-order valence-electron chi connectivity index (χ4n) is 1.79. The van der Waals surface area contributed by atoms with Gasteiger partial charge >= 0.3 is 6.55 Å². The van der Waals surface area contributed by atoms with E-state index in [1.165, 1.54) is 24.2 Å². The fourth-order valence-corrected chi connectivity index (χ4v) is 2.72. The Morgan fingerprint density at radius 1 is 1.35 bits per heavy atom. The molecule has 0 radical (unpaired) electrons. The number of hydrogen-bond donors (Lipinski definition) is 1. The van der Waals surface area contributed by atoms with Gasteiger partial charge in [-0.3, -0.25) is 4.57 Å². The van der Waals surface area contributed by atoms with Crippen molar-refractivity contribution in [2.45, 2.75) is 43.9 Å². The van der Waals surface area contributed by atoms with E-state index in [9.17, 15) is 8.78 Å². The maximum absolute atomic E-state index is 12.7. The number of imidazole rings is 1. The molecule has 110 valence electrons. The van der Waals surface area contributed by atoms with Gasteiger partial charge in [0.2, 0.25) is 0 Å². The molecule has 20 heavy (non-hydrogen) atoms. The van der Waals surface area contributed by atoms with Crippen LogP contribution in [-0.2, 0) is 18.8 Å². The van der Waals surface area contributed by atoms with Crippen LogP contribution in [0.3, 0.4) is 0 Å². The molecule has 2 aromatic rings. The average molecular weight is 302 g/mol. The molecule has 0 aliphatic rings. The third kappa shape index (κ3) is 3.15. The second-order valence-electron chi connectivity index (χ2n) is 4.07. The smallest absolute Gasteiger partial charge is 0.319 e. The molecule has 0 aliphatic carbocycles. The zero-order valence-electron chi connectivity index (χ0n) is 11.0. The molecule has 2 heterocycles. The van der Waals surface area contributed by atoms with Crippen LogP contribution in [0.4, 0.5) is 8.78 Å². The number of nitrogens with two attached hydrogens (primary N) is 1. The number of alkyl halides is 2. The lowest BCUT2D eigenvalue weighted by atomic mass is 10.4. The van der Waals surface area contributed by atoms with Gasteiger partial charge in [0.1, 0.15) is 11.6 Å². The molecule has 0 saturated heterocycles. The zero-order valence-corrected chi connectivity index (χ0v) is 11.9. The van der Waals surface area contributed by atoms with E-state index in [4.69, 9.17) is 5.73 Å². The molecule has 0 aliphatic heterocycles. The number of nitrogens with zero attached hydrogens (tertiary/aromatic N) is 5. The monoisotopic (exact) mass is 302 g/mol. The highest BCUT2D eigenvalue weighted by Gasteiger charge is 2.15. The van der Waals surface area contributed by atoms with Crippen molar-refractivity contribution in [3.63, 3.8) is 0 Å². The van der Waals surface area contributed by atoms with Crippen LogP contribution in [0.15, 0.2) is 17.6 Å². The van der Waals surface area contributed by atoms with Crippen molar-refractivity contribution in [2.24, 2.45) is 5.73 Å². The van der Waals surface area contributed by atoms with Crippen LogP contribution in [-0.4, -0.2) is 24.3 Å². The average Bonchev–Trinajstić information content (AvgIpc) is 3.03. The van der Waals surface area contributed by atoms with Crippen molar-refractivity contribution in [2.75, 3.05) is 0 Å². The minimum atomic E-state index is -2.58. The summed E-state index contributed by atoms with van der Waals surface area (Å²) in [5, 5.41) is 8.73. The Morgan fingerprint density at radius 2 is 2.15 bits per heavy atom. The summed E-state index contributed by atoms with van der Waals surface area (Å²) < 4.78 is 28.2. The first-order valence-corrected chi connectivity index (χ1v) is 7.20. The quantitative estimate of drug-likeness (QED) is 0.792. The van der Waals surface area contributed by atoms with Gasteiger partial charge in [-0.15, -0.1) is 10.2 Å². The molecule has 6 nitrogen and oxygen atoms in total. The van der Waals surface area contributed by atoms with Crippen molar-refractivity contribution >= 4 is 11.8 Å². The fraction of sp³-hybridized carbons (Fsp3) is 0.545. The maximum Gasteiger partial charge on any atom is 0.319 e. The molecule has 0 unspecified atom stereocenters. The van der Waals surface area contributed by atoms with Gasteiger partial charge in [-0.1, -0.05) is 18.7 Å². The lowest BCUT2D eigenvalue weighted by Gasteiger charge is -2.08. The summed E-state index contributed by atoms with van der Waals surface area (Å²) in [6.07, 6.45) is 3.55. The Labute approximate surface area is 119 Å². The highest BCUT2D eigenvalue weighted by Crippen LogP contribution is 2.23. The first-order chi connectivity index (χ1) is 9.67. The molecular formula is C11H16F2N6S. The van der Waals surface area contributed by atoms with Gasteiger partial charge in [-0.2, -0.15) is 8.78 Å². The number of hydrogen-bond acceptors (Lipinski definition) is 5. The molecule has 2 aromatic heterocycles. The molecule has 0 atom stereocenters. The Morgan fingerprint density at radius 3 is 2.80 bits per heavy atom. The van der Waals surface area contributed by atoms with Crippen molar-refractivity contribution in [3.8, 4) is 0 Å². The molecule has 0 spiro atoms. The Hall–Kier alpha value is -1.48. The molecule has 0 fully saturated rings. The van der Waals surface area contributed by atoms with E-state index in [-0.39, 0.29) is 0 Å². The highest BCUT2D eigenvalue weighted by atomic mass is 32.2. The Bertz CT molecular complexity index is 553. The van der Waals surface area contributed by atoms with E-state index in [2.05, 4.69) is 15.2 Å². The van der Waals surface area contributed by atoms with E-state index in [0.29, 0.717) is 29.1 Å². The third-order valence-corrected chi connectivity index (χ3v) is 3.68. The van der Waals surface area contributed by atoms with Gasteiger partial charge in [-0.05, 0) is 6.42 Å². The van der Waals surface area contributed by atoms with Crippen LogP contribution >= 0.6 is 11.8 Å². The summed E-state index contributed by atoms with van der Waals surface area (Å²) in [6.45, 7) is 0.518. The minimum absolute atomic E-state index is 0.305. The zero-order chi connectivity index (χ0) is 14.5. The predicted molar refractivity (Wildman–Crippen MR) is 71.2 cm³/mol. The van der Waals surface area contributed by atoms with Crippen LogP contribution in [0, 0.1) is 0 Å². The topological polar surface area (TPSA) is 74.6 Å². The standard InChI is InChI=1S/C11H16F2N6S/c1-2-4-19-8(6-14)16-17-11(19)20-7-9-15-3-5-18(9)10(12)13/h3,5,10H,2,4,6-7,14H2,1H3. The lowest BCUT2D eigenvalue weighted by molar-refractivity contribution is 0.0678. The third-order valence-electron chi connectivity index (χ3n) is 2.71. The van der Waals surface area contributed by atoms with Crippen molar-refractivity contribution in [3.05, 3.63) is 24.0 Å². The number of aromatic nitrogens is 5. The van der Waals surface area contributed by atoms with Gasteiger partial charge in [0.25, 0.3) is 0 Å². The molecule has 0 saturated carbocycles. The van der Waals surface area contributed by atoms with Gasteiger partial charge in [0.15, 0.2) is 5.16 Å². The van der Waals surface area contributed by atoms with Gasteiger partial charge in [-0.25, -0.2) is 4.98 Å². The van der Waals surface area contributed by atoms with E-state index < -0.39 is 6.55 Å². The van der Waals surface area contributed by atoms with Crippen LogP contribution in [0.1, 0.15) is 31.5 Å². The van der Waals surface area contributed by atoms with Crippen molar-refractivity contribution < 1.29 is 8.78 Å². The lowest BCUT2D eigenvalue weighted by Crippen LogP contribution is -2.09. The van der Waals surface area contributed by atoms with E-state index >= 15 is 0 Å². The van der Waals surface area contributed by atoms with Crippen LogP contribution in [0.5, 0.6) is 0 Å². The predicted octanol–water partition coefficient (Wildman–Crippen LogP) is 2.03. The number of rotatable bonds is 7. The summed E-state index contributed by atoms with van der Waals surface area (Å²) in [6, 6.07) is 0. The van der Waals surface area contributed by atoms with Crippen molar-refractivity contribution in [1.29, 1.82) is 0 Å². The number of halogens is 2. The second-order valence-corrected chi connectivity index (χ2v) is 5.01.